The number of hydrogen-bond donors (Lipinski definition) is 1. The average Bonchev–Trinajstić information content (AvgIpc) is 3.28. The molecule has 0 bridgehead atoms. The van der Waals surface area contributed by atoms with Crippen LogP contribution in [0.2, 0.25) is 10.0 Å². The lowest BCUT2D eigenvalue weighted by molar-refractivity contribution is -0.118. The van der Waals surface area contributed by atoms with E-state index in [9.17, 15) is 10.1 Å². The van der Waals surface area contributed by atoms with Crippen LogP contribution in [0.1, 0.15) is 10.6 Å². The highest BCUT2D eigenvalue weighted by Crippen LogP contribution is 2.32. The summed E-state index contributed by atoms with van der Waals surface area (Å²) in [6.45, 7) is -0.276. The molecule has 1 amide bonds. The zero-order chi connectivity index (χ0) is 24.1. The normalized spacial score (nSPS) is 11.2. The van der Waals surface area contributed by atoms with Crippen LogP contribution in [0.25, 0.3) is 21.9 Å². The van der Waals surface area contributed by atoms with Gasteiger partial charge in [0, 0.05) is 0 Å². The minimum absolute atomic E-state index is 0.276. The maximum absolute atomic E-state index is 12.3. The SMILES string of the molecule is COc1cc(C=C(C#N)c2nc3ccccc3s2)ccc1OCC(=O)Nc1c(Cl)cccc1Cl. The highest BCUT2D eigenvalue weighted by Gasteiger charge is 2.13. The van der Waals surface area contributed by atoms with E-state index in [1.807, 2.05) is 24.3 Å². The van der Waals surface area contributed by atoms with Gasteiger partial charge in [0.1, 0.15) is 11.1 Å². The third-order valence-corrected chi connectivity index (χ3v) is 6.43. The first-order valence-corrected chi connectivity index (χ1v) is 11.6. The molecule has 0 aliphatic rings. The van der Waals surface area contributed by atoms with E-state index in [1.54, 1.807) is 42.5 Å². The molecule has 1 heterocycles. The number of fused-ring (bicyclic) bond motifs is 1. The molecule has 0 spiro atoms. The summed E-state index contributed by atoms with van der Waals surface area (Å²) in [5.41, 5.74) is 2.34. The van der Waals surface area contributed by atoms with Crippen molar-refractivity contribution in [2.45, 2.75) is 0 Å². The van der Waals surface area contributed by atoms with Crippen molar-refractivity contribution in [2.24, 2.45) is 0 Å². The Kier molecular flexibility index (Phi) is 7.33. The van der Waals surface area contributed by atoms with E-state index >= 15 is 0 Å². The second kappa shape index (κ2) is 10.6. The van der Waals surface area contributed by atoms with Crippen LogP contribution in [-0.4, -0.2) is 24.6 Å². The van der Waals surface area contributed by atoms with E-state index < -0.39 is 5.91 Å². The number of methoxy groups -OCH3 is 1. The Morgan fingerprint density at radius 3 is 2.59 bits per heavy atom. The van der Waals surface area contributed by atoms with Crippen molar-refractivity contribution in [3.05, 3.63) is 81.3 Å². The van der Waals surface area contributed by atoms with Crippen molar-refractivity contribution < 1.29 is 14.3 Å². The van der Waals surface area contributed by atoms with E-state index in [4.69, 9.17) is 32.7 Å². The molecule has 34 heavy (non-hydrogen) atoms. The molecule has 0 fully saturated rings. The van der Waals surface area contributed by atoms with E-state index in [0.717, 1.165) is 15.8 Å². The Bertz CT molecular complexity index is 1390. The number of nitrogens with one attached hydrogen (secondary N) is 1. The van der Waals surface area contributed by atoms with Crippen LogP contribution in [0.4, 0.5) is 5.69 Å². The number of benzene rings is 3. The largest absolute Gasteiger partial charge is 0.493 e. The number of ether oxygens (including phenoxy) is 2. The number of carbonyl (C=O) groups is 1. The van der Waals surface area contributed by atoms with Crippen LogP contribution in [-0.2, 0) is 4.79 Å². The quantitative estimate of drug-likeness (QED) is 0.280. The second-order valence-electron chi connectivity index (χ2n) is 7.00. The van der Waals surface area contributed by atoms with Crippen LogP contribution in [0.15, 0.2) is 60.7 Å². The standard InChI is InChI=1S/C25H17Cl2N3O3S/c1-32-21-12-15(11-16(13-28)25-29-19-7-2-3-8-22(19)34-25)9-10-20(21)33-14-23(31)30-24-17(26)5-4-6-18(24)27/h2-12H,14H2,1H3,(H,30,31). The van der Waals surface area contributed by atoms with Gasteiger partial charge in [-0.1, -0.05) is 47.5 Å². The van der Waals surface area contributed by atoms with Gasteiger partial charge in [-0.3, -0.25) is 4.79 Å². The number of carbonyl (C=O) groups excluding carboxylic acids is 1. The molecule has 0 radical (unpaired) electrons. The zero-order valence-corrected chi connectivity index (χ0v) is 20.2. The Balaban J connectivity index is 1.49. The molecule has 0 aliphatic carbocycles. The van der Waals surface area contributed by atoms with Crippen LogP contribution in [0.3, 0.4) is 0 Å². The van der Waals surface area contributed by atoms with Gasteiger partial charge in [0.15, 0.2) is 18.1 Å². The molecule has 4 aromatic rings. The van der Waals surface area contributed by atoms with Gasteiger partial charge in [0.25, 0.3) is 5.91 Å². The summed E-state index contributed by atoms with van der Waals surface area (Å²) in [5.74, 6) is 0.362. The summed E-state index contributed by atoms with van der Waals surface area (Å²) in [6, 6.07) is 20.1. The van der Waals surface area contributed by atoms with Crippen molar-refractivity contribution in [1.82, 2.24) is 4.98 Å². The topological polar surface area (TPSA) is 84.2 Å². The van der Waals surface area contributed by atoms with Gasteiger partial charge in [-0.05, 0) is 48.0 Å². The molecule has 170 valence electrons. The van der Waals surface area contributed by atoms with Gasteiger partial charge in [0.2, 0.25) is 0 Å². The van der Waals surface area contributed by atoms with Crippen molar-refractivity contribution >= 4 is 68.0 Å². The second-order valence-corrected chi connectivity index (χ2v) is 8.85. The Morgan fingerprint density at radius 2 is 1.88 bits per heavy atom. The van der Waals surface area contributed by atoms with Crippen LogP contribution < -0.4 is 14.8 Å². The van der Waals surface area contributed by atoms with Gasteiger partial charge >= 0.3 is 0 Å². The molecular formula is C25H17Cl2N3O3S. The van der Waals surface area contributed by atoms with E-state index in [2.05, 4.69) is 16.4 Å². The third kappa shape index (κ3) is 5.32. The number of anilines is 1. The van der Waals surface area contributed by atoms with Crippen molar-refractivity contribution in [1.29, 1.82) is 5.26 Å². The number of nitriles is 1. The van der Waals surface area contributed by atoms with Gasteiger partial charge in [0.05, 0.1) is 38.6 Å². The lowest BCUT2D eigenvalue weighted by Gasteiger charge is -2.12. The van der Waals surface area contributed by atoms with Crippen molar-refractivity contribution in [3.8, 4) is 17.6 Å². The molecule has 6 nitrogen and oxygen atoms in total. The highest BCUT2D eigenvalue weighted by molar-refractivity contribution is 7.19. The molecule has 0 atom stereocenters. The molecule has 9 heteroatoms. The molecule has 0 unspecified atom stereocenters. The van der Waals surface area contributed by atoms with E-state index in [1.165, 1.54) is 18.4 Å². The number of amides is 1. The molecule has 0 aliphatic heterocycles. The van der Waals surface area contributed by atoms with Gasteiger partial charge in [-0.15, -0.1) is 11.3 Å². The summed E-state index contributed by atoms with van der Waals surface area (Å²) < 4.78 is 12.1. The summed E-state index contributed by atoms with van der Waals surface area (Å²) in [7, 11) is 1.50. The predicted molar refractivity (Wildman–Crippen MR) is 137 cm³/mol. The van der Waals surface area contributed by atoms with Crippen molar-refractivity contribution in [2.75, 3.05) is 19.0 Å². The maximum Gasteiger partial charge on any atom is 0.262 e. The van der Waals surface area contributed by atoms with Gasteiger partial charge < -0.3 is 14.8 Å². The lowest BCUT2D eigenvalue weighted by Crippen LogP contribution is -2.20. The first-order valence-electron chi connectivity index (χ1n) is 10.0. The lowest BCUT2D eigenvalue weighted by atomic mass is 10.1. The number of nitrogens with zero attached hydrogens (tertiary/aromatic N) is 2. The molecule has 0 saturated carbocycles. The molecule has 1 N–H and O–H groups in total. The number of rotatable bonds is 7. The highest BCUT2D eigenvalue weighted by atomic mass is 35.5. The minimum atomic E-state index is -0.427. The fourth-order valence-electron chi connectivity index (χ4n) is 3.13. The van der Waals surface area contributed by atoms with Gasteiger partial charge in [-0.25, -0.2) is 4.98 Å². The number of para-hydroxylation sites is 2. The number of hydrogen-bond acceptors (Lipinski definition) is 6. The van der Waals surface area contributed by atoms with E-state index in [-0.39, 0.29) is 6.61 Å². The Labute approximate surface area is 210 Å². The average molecular weight is 510 g/mol. The van der Waals surface area contributed by atoms with Crippen LogP contribution in [0.5, 0.6) is 11.5 Å². The minimum Gasteiger partial charge on any atom is -0.493 e. The molecule has 1 aromatic heterocycles. The third-order valence-electron chi connectivity index (χ3n) is 4.73. The Morgan fingerprint density at radius 1 is 1.12 bits per heavy atom. The van der Waals surface area contributed by atoms with Crippen LogP contribution in [0, 0.1) is 11.3 Å². The summed E-state index contributed by atoms with van der Waals surface area (Å²) in [4.78, 5) is 16.9. The number of thiazole rings is 1. The summed E-state index contributed by atoms with van der Waals surface area (Å²) >= 11 is 13.6. The number of aromatic nitrogens is 1. The zero-order valence-electron chi connectivity index (χ0n) is 17.8. The first kappa shape index (κ1) is 23.6. The summed E-state index contributed by atoms with van der Waals surface area (Å²) in [6.07, 6.45) is 1.73. The smallest absolute Gasteiger partial charge is 0.262 e. The predicted octanol–water partition coefficient (Wildman–Crippen LogP) is 6.69. The monoisotopic (exact) mass is 509 g/mol. The number of allylic oxidation sites excluding steroid dienone is 1. The molecule has 0 saturated heterocycles. The Hall–Kier alpha value is -3.57. The van der Waals surface area contributed by atoms with E-state index in [0.29, 0.717) is 37.8 Å². The molecule has 4 rings (SSSR count). The first-order chi connectivity index (χ1) is 16.5. The van der Waals surface area contributed by atoms with Crippen LogP contribution >= 0.6 is 34.5 Å². The number of halogens is 2. The molecule has 3 aromatic carbocycles. The maximum atomic E-state index is 12.3. The summed E-state index contributed by atoms with van der Waals surface area (Å²) in [5, 5.41) is 13.6. The fourth-order valence-corrected chi connectivity index (χ4v) is 4.55. The molecular weight excluding hydrogens is 493 g/mol. The van der Waals surface area contributed by atoms with Crippen molar-refractivity contribution in [3.63, 3.8) is 0 Å². The van der Waals surface area contributed by atoms with Gasteiger partial charge in [-0.2, -0.15) is 5.26 Å². The fraction of sp³-hybridized carbons (Fsp3) is 0.0800.